The summed E-state index contributed by atoms with van der Waals surface area (Å²) >= 11 is 0. The lowest BCUT2D eigenvalue weighted by atomic mass is 9.84. The van der Waals surface area contributed by atoms with Gasteiger partial charge in [-0.3, -0.25) is 14.7 Å². The van der Waals surface area contributed by atoms with Crippen molar-refractivity contribution in [2.75, 3.05) is 26.3 Å². The fourth-order valence-electron chi connectivity index (χ4n) is 5.35. The molecule has 4 heterocycles. The monoisotopic (exact) mass is 434 g/mol. The molecule has 3 aliphatic heterocycles. The van der Waals surface area contributed by atoms with E-state index in [0.717, 1.165) is 50.4 Å². The fourth-order valence-corrected chi connectivity index (χ4v) is 5.35. The van der Waals surface area contributed by atoms with Crippen LogP contribution in [0, 0.1) is 0 Å². The number of ether oxygens (including phenoxy) is 1. The molecule has 3 fully saturated rings. The van der Waals surface area contributed by atoms with Gasteiger partial charge in [-0.1, -0.05) is 36.4 Å². The molecule has 7 nitrogen and oxygen atoms in total. The number of likely N-dealkylation sites (tertiary alicyclic amines) is 1. The van der Waals surface area contributed by atoms with Crippen LogP contribution in [0.1, 0.15) is 36.9 Å². The van der Waals surface area contributed by atoms with E-state index in [1.54, 1.807) is 6.20 Å². The summed E-state index contributed by atoms with van der Waals surface area (Å²) in [6.45, 7) is 3.93. The first-order valence-corrected chi connectivity index (χ1v) is 11.6. The number of imide groups is 1. The molecule has 0 aliphatic carbocycles. The third kappa shape index (κ3) is 3.91. The van der Waals surface area contributed by atoms with Crippen LogP contribution >= 0.6 is 0 Å². The van der Waals surface area contributed by atoms with Crippen LogP contribution < -0.4 is 0 Å². The zero-order valence-electron chi connectivity index (χ0n) is 18.4. The summed E-state index contributed by atoms with van der Waals surface area (Å²) in [5.41, 5.74) is 0.994. The van der Waals surface area contributed by atoms with E-state index in [-0.39, 0.29) is 18.5 Å². The molecule has 7 heteroatoms. The zero-order chi connectivity index (χ0) is 22.0. The summed E-state index contributed by atoms with van der Waals surface area (Å²) in [4.78, 5) is 37.4. The molecule has 0 unspecified atom stereocenters. The number of carbonyl (C=O) groups excluding carboxylic acids is 2. The molecule has 168 valence electrons. The highest BCUT2D eigenvalue weighted by Gasteiger charge is 2.58. The van der Waals surface area contributed by atoms with Gasteiger partial charge in [0.05, 0.1) is 12.2 Å². The van der Waals surface area contributed by atoms with E-state index < -0.39 is 5.54 Å². The average molecular weight is 435 g/mol. The van der Waals surface area contributed by atoms with Gasteiger partial charge in [-0.25, -0.2) is 4.79 Å². The molecule has 0 N–H and O–H groups in total. The SMILES string of the molecule is O=C1N(Cc2ccccn2)C(=O)C2(CCN(C3CCOCC3)CC2)N1Cc1ccccc1. The van der Waals surface area contributed by atoms with Crippen LogP contribution in [0.4, 0.5) is 4.79 Å². The number of benzene rings is 1. The molecule has 0 atom stereocenters. The second kappa shape index (κ2) is 9.00. The van der Waals surface area contributed by atoms with E-state index in [1.165, 1.54) is 4.90 Å². The molecule has 3 saturated heterocycles. The zero-order valence-corrected chi connectivity index (χ0v) is 18.4. The van der Waals surface area contributed by atoms with Crippen LogP contribution in [0.5, 0.6) is 0 Å². The molecule has 3 amide bonds. The van der Waals surface area contributed by atoms with Crippen molar-refractivity contribution < 1.29 is 14.3 Å². The molecule has 1 aromatic heterocycles. The maximum absolute atomic E-state index is 13.8. The topological polar surface area (TPSA) is 66.0 Å². The molecule has 3 aliphatic rings. The number of amides is 3. The molecule has 2 aromatic rings. The molecule has 0 bridgehead atoms. The number of piperidine rings is 1. The van der Waals surface area contributed by atoms with Crippen molar-refractivity contribution in [2.45, 2.75) is 50.4 Å². The maximum atomic E-state index is 13.8. The smallest absolute Gasteiger partial charge is 0.328 e. The third-order valence-corrected chi connectivity index (χ3v) is 7.18. The number of urea groups is 1. The number of nitrogens with zero attached hydrogens (tertiary/aromatic N) is 4. The summed E-state index contributed by atoms with van der Waals surface area (Å²) in [6, 6.07) is 15.9. The Bertz CT molecular complexity index is 938. The van der Waals surface area contributed by atoms with Gasteiger partial charge in [0.2, 0.25) is 0 Å². The van der Waals surface area contributed by atoms with Gasteiger partial charge in [-0.15, -0.1) is 0 Å². The predicted molar refractivity (Wildman–Crippen MR) is 120 cm³/mol. The van der Waals surface area contributed by atoms with Crippen molar-refractivity contribution in [1.29, 1.82) is 0 Å². The van der Waals surface area contributed by atoms with E-state index in [9.17, 15) is 9.59 Å². The normalized spacial score (nSPS) is 22.1. The van der Waals surface area contributed by atoms with Gasteiger partial charge < -0.3 is 14.5 Å². The summed E-state index contributed by atoms with van der Waals surface area (Å²) in [7, 11) is 0. The Labute approximate surface area is 189 Å². The van der Waals surface area contributed by atoms with Crippen molar-refractivity contribution in [1.82, 2.24) is 19.7 Å². The number of hydrogen-bond donors (Lipinski definition) is 0. The molecule has 32 heavy (non-hydrogen) atoms. The fraction of sp³-hybridized carbons (Fsp3) is 0.480. The predicted octanol–water partition coefficient (Wildman–Crippen LogP) is 3.06. The van der Waals surface area contributed by atoms with Crippen LogP contribution in [-0.2, 0) is 22.6 Å². The quantitative estimate of drug-likeness (QED) is 0.677. The molecular formula is C25H30N4O3. The lowest BCUT2D eigenvalue weighted by molar-refractivity contribution is -0.136. The second-order valence-corrected chi connectivity index (χ2v) is 8.98. The van der Waals surface area contributed by atoms with E-state index in [4.69, 9.17) is 4.74 Å². The van der Waals surface area contributed by atoms with E-state index in [2.05, 4.69) is 9.88 Å². The lowest BCUT2D eigenvalue weighted by Crippen LogP contribution is -2.58. The minimum absolute atomic E-state index is 0.0734. The Hall–Kier alpha value is -2.77. The number of aromatic nitrogens is 1. The van der Waals surface area contributed by atoms with Gasteiger partial charge in [0.1, 0.15) is 5.54 Å². The summed E-state index contributed by atoms with van der Waals surface area (Å²) in [5.74, 6) is -0.0734. The average Bonchev–Trinajstić information content (AvgIpc) is 3.03. The molecule has 1 aromatic carbocycles. The van der Waals surface area contributed by atoms with Gasteiger partial charge in [0, 0.05) is 45.1 Å². The highest BCUT2D eigenvalue weighted by atomic mass is 16.5. The minimum atomic E-state index is -0.774. The highest BCUT2D eigenvalue weighted by molar-refractivity contribution is 6.07. The first-order chi connectivity index (χ1) is 15.7. The Morgan fingerprint density at radius 3 is 2.34 bits per heavy atom. The Kier molecular flexibility index (Phi) is 5.93. The molecule has 0 radical (unpaired) electrons. The van der Waals surface area contributed by atoms with Crippen LogP contribution in [0.3, 0.4) is 0 Å². The lowest BCUT2D eigenvalue weighted by Gasteiger charge is -2.45. The molecule has 5 rings (SSSR count). The summed E-state index contributed by atoms with van der Waals surface area (Å²) in [6.07, 6.45) is 5.12. The summed E-state index contributed by atoms with van der Waals surface area (Å²) < 4.78 is 5.52. The van der Waals surface area contributed by atoms with Crippen LogP contribution in [0.15, 0.2) is 54.7 Å². The van der Waals surface area contributed by atoms with Crippen molar-refractivity contribution in [3.8, 4) is 0 Å². The largest absolute Gasteiger partial charge is 0.381 e. The van der Waals surface area contributed by atoms with Gasteiger partial charge in [0.25, 0.3) is 5.91 Å². The highest BCUT2D eigenvalue weighted by Crippen LogP contribution is 2.40. The van der Waals surface area contributed by atoms with E-state index in [1.807, 2.05) is 53.4 Å². The summed E-state index contributed by atoms with van der Waals surface area (Å²) in [5, 5.41) is 0. The molecular weight excluding hydrogens is 404 g/mol. The first kappa shape index (κ1) is 21.1. The van der Waals surface area contributed by atoms with Gasteiger partial charge in [-0.05, 0) is 43.4 Å². The number of rotatable bonds is 5. The van der Waals surface area contributed by atoms with Gasteiger partial charge in [0.15, 0.2) is 0 Å². The van der Waals surface area contributed by atoms with Crippen molar-refractivity contribution in [3.05, 3.63) is 66.0 Å². The standard InChI is InChI=1S/C25H30N4O3/c30-23-25(11-14-27(15-12-25)22-9-16-32-17-10-22)29(18-20-6-2-1-3-7-20)24(31)28(23)19-21-8-4-5-13-26-21/h1-8,13,22H,9-12,14-19H2. The van der Waals surface area contributed by atoms with Crippen molar-refractivity contribution in [2.24, 2.45) is 0 Å². The van der Waals surface area contributed by atoms with Crippen molar-refractivity contribution in [3.63, 3.8) is 0 Å². The second-order valence-electron chi connectivity index (χ2n) is 8.98. The Morgan fingerprint density at radius 1 is 0.938 bits per heavy atom. The Morgan fingerprint density at radius 2 is 1.66 bits per heavy atom. The molecule has 1 spiro atoms. The van der Waals surface area contributed by atoms with E-state index in [0.29, 0.717) is 25.4 Å². The van der Waals surface area contributed by atoms with Crippen molar-refractivity contribution >= 4 is 11.9 Å². The molecule has 0 saturated carbocycles. The third-order valence-electron chi connectivity index (χ3n) is 7.18. The van der Waals surface area contributed by atoms with Gasteiger partial charge >= 0.3 is 6.03 Å². The maximum Gasteiger partial charge on any atom is 0.328 e. The van der Waals surface area contributed by atoms with Crippen LogP contribution in [0.2, 0.25) is 0 Å². The number of pyridine rings is 1. The number of hydrogen-bond acceptors (Lipinski definition) is 5. The van der Waals surface area contributed by atoms with Crippen LogP contribution in [-0.4, -0.2) is 69.5 Å². The first-order valence-electron chi connectivity index (χ1n) is 11.6. The van der Waals surface area contributed by atoms with E-state index >= 15 is 0 Å². The Balaban J connectivity index is 1.40. The number of carbonyl (C=O) groups is 2. The van der Waals surface area contributed by atoms with Gasteiger partial charge in [-0.2, -0.15) is 0 Å². The van der Waals surface area contributed by atoms with Crippen LogP contribution in [0.25, 0.3) is 0 Å². The minimum Gasteiger partial charge on any atom is -0.381 e.